The van der Waals surface area contributed by atoms with Crippen LogP contribution in [0.5, 0.6) is 11.5 Å². The summed E-state index contributed by atoms with van der Waals surface area (Å²) in [5.41, 5.74) is 2.67. The maximum absolute atomic E-state index is 11.9. The van der Waals surface area contributed by atoms with Crippen molar-refractivity contribution in [3.63, 3.8) is 0 Å². The summed E-state index contributed by atoms with van der Waals surface area (Å²) in [5, 5.41) is 23.0. The van der Waals surface area contributed by atoms with Gasteiger partial charge >= 0.3 is 5.97 Å². The van der Waals surface area contributed by atoms with E-state index in [1.54, 1.807) is 30.3 Å². The molecule has 4 rings (SSSR count). The van der Waals surface area contributed by atoms with Crippen LogP contribution in [0.1, 0.15) is 53.1 Å². The highest BCUT2D eigenvalue weighted by Gasteiger charge is 2.23. The van der Waals surface area contributed by atoms with E-state index >= 15 is 0 Å². The van der Waals surface area contributed by atoms with Crippen LogP contribution in [0.4, 0.5) is 5.69 Å². The zero-order chi connectivity index (χ0) is 28.5. The van der Waals surface area contributed by atoms with E-state index in [9.17, 15) is 18.3 Å². The summed E-state index contributed by atoms with van der Waals surface area (Å²) in [6.07, 6.45) is 4.23. The van der Waals surface area contributed by atoms with Crippen molar-refractivity contribution in [2.45, 2.75) is 50.4 Å². The first kappa shape index (κ1) is 29.4. The van der Waals surface area contributed by atoms with E-state index in [0.717, 1.165) is 43.1 Å². The molecule has 1 fully saturated rings. The van der Waals surface area contributed by atoms with Gasteiger partial charge in [0.05, 0.1) is 17.5 Å². The Morgan fingerprint density at radius 2 is 1.68 bits per heavy atom. The van der Waals surface area contributed by atoms with Gasteiger partial charge < -0.3 is 25.0 Å². The molecular formula is C30H36N2O7S. The van der Waals surface area contributed by atoms with Crippen molar-refractivity contribution in [1.82, 2.24) is 5.32 Å². The first-order chi connectivity index (χ1) is 19.2. The molecule has 214 valence electrons. The summed E-state index contributed by atoms with van der Waals surface area (Å²) >= 11 is 0. The number of sulfonamides is 1. The van der Waals surface area contributed by atoms with Crippen LogP contribution in [-0.2, 0) is 16.6 Å². The Hall–Kier alpha value is -3.60. The summed E-state index contributed by atoms with van der Waals surface area (Å²) in [6, 6.07) is 21.8. The van der Waals surface area contributed by atoms with Crippen molar-refractivity contribution in [3.8, 4) is 11.5 Å². The van der Waals surface area contributed by atoms with Crippen molar-refractivity contribution in [2.75, 3.05) is 24.1 Å². The predicted molar refractivity (Wildman–Crippen MR) is 154 cm³/mol. The number of aliphatic hydroxyl groups excluding tert-OH is 1. The molecule has 0 saturated heterocycles. The Bertz CT molecular complexity index is 1360. The zero-order valence-corrected chi connectivity index (χ0v) is 23.3. The Balaban J connectivity index is 1.24. The molecule has 1 atom stereocenters. The molecule has 40 heavy (non-hydrogen) atoms. The van der Waals surface area contributed by atoms with Gasteiger partial charge in [-0.25, -0.2) is 13.2 Å². The van der Waals surface area contributed by atoms with Crippen LogP contribution in [0.3, 0.4) is 0 Å². The first-order valence-electron chi connectivity index (χ1n) is 13.3. The van der Waals surface area contributed by atoms with E-state index in [1.807, 2.05) is 42.5 Å². The van der Waals surface area contributed by atoms with Crippen LogP contribution in [0, 0.1) is 0 Å². The summed E-state index contributed by atoms with van der Waals surface area (Å²) in [7, 11) is -3.55. The number of aromatic carboxylic acids is 1. The molecule has 1 aliphatic carbocycles. The molecule has 1 aliphatic rings. The number of carbonyl (C=O) groups is 1. The van der Waals surface area contributed by atoms with Crippen LogP contribution in [0.25, 0.3) is 0 Å². The Labute approximate surface area is 235 Å². The van der Waals surface area contributed by atoms with Gasteiger partial charge in [-0.15, -0.1) is 0 Å². The van der Waals surface area contributed by atoms with Crippen LogP contribution in [0.2, 0.25) is 0 Å². The molecule has 4 N–H and O–H groups in total. The Kier molecular flexibility index (Phi) is 10.0. The lowest BCUT2D eigenvalue weighted by Gasteiger charge is -2.30. The summed E-state index contributed by atoms with van der Waals surface area (Å²) in [5.74, 6) is 0.269. The zero-order valence-electron chi connectivity index (χ0n) is 22.5. The maximum Gasteiger partial charge on any atom is 0.335 e. The van der Waals surface area contributed by atoms with E-state index in [0.29, 0.717) is 29.5 Å². The SMILES string of the molecule is CS(=O)(=O)Nc1cc(OC[C@@H](O)CN[C@H]2CC[C@@H](c3ccc(C(=O)O)cc3)CC2)ccc1OCc1ccccc1. The fourth-order valence-corrected chi connectivity index (χ4v) is 5.38. The third-order valence-electron chi connectivity index (χ3n) is 6.92. The summed E-state index contributed by atoms with van der Waals surface area (Å²) < 4.78 is 37.9. The van der Waals surface area contributed by atoms with Gasteiger partial charge in [0.15, 0.2) is 0 Å². The molecule has 1 saturated carbocycles. The molecule has 0 amide bonds. The molecule has 9 nitrogen and oxygen atoms in total. The fourth-order valence-electron chi connectivity index (χ4n) is 4.82. The fraction of sp³-hybridized carbons (Fsp3) is 0.367. The molecule has 0 bridgehead atoms. The van der Waals surface area contributed by atoms with E-state index in [4.69, 9.17) is 14.6 Å². The standard InChI is InChI=1S/C30H36N2O7S/c1-40(36,37)32-28-17-27(15-16-29(28)39-19-21-5-3-2-4-6-21)38-20-26(33)18-31-25-13-11-23(12-14-25)22-7-9-24(10-8-22)30(34)35/h2-10,15-17,23,25-26,31-33H,11-14,18-20H2,1H3,(H,34,35)/t23-,25+,26-/m0/s1. The topological polar surface area (TPSA) is 134 Å². The minimum absolute atomic E-state index is 0.0425. The smallest absolute Gasteiger partial charge is 0.335 e. The van der Waals surface area contributed by atoms with E-state index in [-0.39, 0.29) is 24.9 Å². The van der Waals surface area contributed by atoms with Crippen LogP contribution in [0.15, 0.2) is 72.8 Å². The number of carboxylic acids is 1. The molecule has 0 radical (unpaired) electrons. The monoisotopic (exact) mass is 568 g/mol. The lowest BCUT2D eigenvalue weighted by Crippen LogP contribution is -2.39. The van der Waals surface area contributed by atoms with Gasteiger partial charge in [0.1, 0.15) is 30.8 Å². The molecule has 0 spiro atoms. The minimum atomic E-state index is -3.55. The lowest BCUT2D eigenvalue weighted by molar-refractivity contribution is 0.0696. The highest BCUT2D eigenvalue weighted by Crippen LogP contribution is 2.33. The average molecular weight is 569 g/mol. The first-order valence-corrected chi connectivity index (χ1v) is 15.2. The minimum Gasteiger partial charge on any atom is -0.491 e. The molecule has 10 heteroatoms. The number of nitrogens with one attached hydrogen (secondary N) is 2. The van der Waals surface area contributed by atoms with Gasteiger partial charge in [-0.05, 0) is 67.0 Å². The van der Waals surface area contributed by atoms with Crippen molar-refractivity contribution >= 4 is 21.7 Å². The Morgan fingerprint density at radius 3 is 2.33 bits per heavy atom. The summed E-state index contributed by atoms with van der Waals surface area (Å²) in [4.78, 5) is 11.1. The molecular weight excluding hydrogens is 532 g/mol. The molecule has 3 aromatic carbocycles. The van der Waals surface area contributed by atoms with E-state index in [1.165, 1.54) is 0 Å². The second-order valence-electron chi connectivity index (χ2n) is 10.2. The van der Waals surface area contributed by atoms with Crippen LogP contribution in [-0.4, -0.2) is 56.2 Å². The van der Waals surface area contributed by atoms with Crippen molar-refractivity contribution in [3.05, 3.63) is 89.5 Å². The average Bonchev–Trinajstić information content (AvgIpc) is 2.94. The van der Waals surface area contributed by atoms with Crippen LogP contribution >= 0.6 is 0 Å². The van der Waals surface area contributed by atoms with Gasteiger partial charge in [0, 0.05) is 18.7 Å². The number of aliphatic hydroxyl groups is 1. The number of hydrogen-bond donors (Lipinski definition) is 4. The summed E-state index contributed by atoms with van der Waals surface area (Å²) in [6.45, 7) is 0.693. The number of rotatable bonds is 13. The van der Waals surface area contributed by atoms with E-state index < -0.39 is 22.1 Å². The second-order valence-corrected chi connectivity index (χ2v) is 11.9. The maximum atomic E-state index is 11.9. The van der Waals surface area contributed by atoms with Gasteiger partial charge in [0.25, 0.3) is 0 Å². The number of benzene rings is 3. The van der Waals surface area contributed by atoms with E-state index in [2.05, 4.69) is 10.0 Å². The number of anilines is 1. The van der Waals surface area contributed by atoms with Gasteiger partial charge in [-0.3, -0.25) is 4.72 Å². The highest BCUT2D eigenvalue weighted by molar-refractivity contribution is 7.92. The Morgan fingerprint density at radius 1 is 0.975 bits per heavy atom. The van der Waals surface area contributed by atoms with Crippen LogP contribution < -0.4 is 19.5 Å². The number of ether oxygens (including phenoxy) is 2. The normalized spacial score (nSPS) is 18.1. The molecule has 0 aromatic heterocycles. The van der Waals surface area contributed by atoms with Gasteiger partial charge in [-0.2, -0.15) is 0 Å². The van der Waals surface area contributed by atoms with Gasteiger partial charge in [-0.1, -0.05) is 42.5 Å². The second kappa shape index (κ2) is 13.6. The predicted octanol–water partition coefficient (Wildman–Crippen LogP) is 4.39. The third-order valence-corrected chi connectivity index (χ3v) is 7.52. The van der Waals surface area contributed by atoms with Crippen molar-refractivity contribution in [2.24, 2.45) is 0 Å². The third kappa shape index (κ3) is 8.97. The molecule has 3 aromatic rings. The molecule has 0 heterocycles. The highest BCUT2D eigenvalue weighted by atomic mass is 32.2. The molecule has 0 aliphatic heterocycles. The van der Waals surface area contributed by atoms with Crippen molar-refractivity contribution < 1.29 is 32.9 Å². The quantitative estimate of drug-likeness (QED) is 0.239. The van der Waals surface area contributed by atoms with Crippen molar-refractivity contribution in [1.29, 1.82) is 0 Å². The largest absolute Gasteiger partial charge is 0.491 e. The number of hydrogen-bond acceptors (Lipinski definition) is 7. The lowest BCUT2D eigenvalue weighted by atomic mass is 9.81. The van der Waals surface area contributed by atoms with Gasteiger partial charge in [0.2, 0.25) is 10.0 Å². The number of carboxylic acid groups (broad SMARTS) is 1. The molecule has 0 unspecified atom stereocenters.